The van der Waals surface area contributed by atoms with Gasteiger partial charge in [-0.15, -0.1) is 6.58 Å². The molecule has 1 N–H and O–H groups in total. The van der Waals surface area contributed by atoms with Crippen LogP contribution in [0.2, 0.25) is 0 Å². The highest BCUT2D eigenvalue weighted by molar-refractivity contribution is 4.87. The van der Waals surface area contributed by atoms with Crippen molar-refractivity contribution < 1.29 is 4.74 Å². The monoisotopic (exact) mass is 169 g/mol. The maximum atomic E-state index is 5.62. The Kier molecular flexibility index (Phi) is 4.33. The van der Waals surface area contributed by atoms with Crippen molar-refractivity contribution in [1.29, 1.82) is 0 Å². The van der Waals surface area contributed by atoms with Crippen molar-refractivity contribution in [3.05, 3.63) is 12.7 Å². The molecule has 0 aromatic carbocycles. The molecule has 0 aliphatic carbocycles. The maximum Gasteiger partial charge on any atom is 0.0593 e. The molecule has 1 saturated heterocycles. The Bertz CT molecular complexity index is 130. The lowest BCUT2D eigenvalue weighted by Gasteiger charge is -2.25. The predicted molar refractivity (Wildman–Crippen MR) is 51.3 cm³/mol. The second-order valence-electron chi connectivity index (χ2n) is 3.36. The number of nitrogens with one attached hydrogen (secondary N) is 1. The summed E-state index contributed by atoms with van der Waals surface area (Å²) in [6.45, 7) is 4.72. The van der Waals surface area contributed by atoms with E-state index in [2.05, 4.69) is 11.9 Å². The Morgan fingerprint density at radius 1 is 1.67 bits per heavy atom. The van der Waals surface area contributed by atoms with E-state index in [1.165, 1.54) is 19.3 Å². The van der Waals surface area contributed by atoms with Crippen molar-refractivity contribution in [3.8, 4) is 0 Å². The normalized spacial score (nSPS) is 26.6. The highest BCUT2D eigenvalue weighted by Crippen LogP contribution is 2.17. The summed E-state index contributed by atoms with van der Waals surface area (Å²) in [5.74, 6) is 0. The lowest BCUT2D eigenvalue weighted by Crippen LogP contribution is -2.30. The van der Waals surface area contributed by atoms with Crippen LogP contribution in [0.25, 0.3) is 0 Å². The van der Waals surface area contributed by atoms with E-state index in [4.69, 9.17) is 4.74 Å². The Labute approximate surface area is 75.0 Å². The Hall–Kier alpha value is -0.340. The summed E-state index contributed by atoms with van der Waals surface area (Å²) >= 11 is 0. The van der Waals surface area contributed by atoms with Gasteiger partial charge < -0.3 is 10.1 Å². The van der Waals surface area contributed by atoms with Gasteiger partial charge in [-0.2, -0.15) is 0 Å². The van der Waals surface area contributed by atoms with Crippen LogP contribution in [0.5, 0.6) is 0 Å². The van der Waals surface area contributed by atoms with Crippen LogP contribution in [0.3, 0.4) is 0 Å². The molecule has 1 fully saturated rings. The van der Waals surface area contributed by atoms with E-state index in [-0.39, 0.29) is 0 Å². The van der Waals surface area contributed by atoms with Crippen molar-refractivity contribution in [2.75, 3.05) is 13.7 Å². The Morgan fingerprint density at radius 2 is 2.50 bits per heavy atom. The molecule has 0 bridgehead atoms. The molecule has 0 amide bonds. The van der Waals surface area contributed by atoms with Crippen LogP contribution in [0.4, 0.5) is 0 Å². The third-order valence-electron chi connectivity index (χ3n) is 2.45. The highest BCUT2D eigenvalue weighted by atomic mass is 16.5. The molecule has 2 unspecified atom stereocenters. The highest BCUT2D eigenvalue weighted by Gasteiger charge is 2.16. The fraction of sp³-hybridized carbons (Fsp3) is 0.800. The zero-order valence-corrected chi connectivity index (χ0v) is 7.88. The molecule has 2 atom stereocenters. The molecule has 12 heavy (non-hydrogen) atoms. The van der Waals surface area contributed by atoms with Crippen LogP contribution in [0, 0.1) is 0 Å². The van der Waals surface area contributed by atoms with Gasteiger partial charge in [-0.05, 0) is 32.7 Å². The molecule has 1 aliphatic heterocycles. The quantitative estimate of drug-likeness (QED) is 0.647. The van der Waals surface area contributed by atoms with Gasteiger partial charge in [0.05, 0.1) is 6.10 Å². The second kappa shape index (κ2) is 5.33. The molecule has 1 rings (SSSR count). The first-order chi connectivity index (χ1) is 5.86. The van der Waals surface area contributed by atoms with E-state index in [0.29, 0.717) is 12.1 Å². The predicted octanol–water partition coefficient (Wildman–Crippen LogP) is 1.72. The molecule has 0 spiro atoms. The average molecular weight is 169 g/mol. The summed E-state index contributed by atoms with van der Waals surface area (Å²) in [7, 11) is 1.97. The minimum absolute atomic E-state index is 0.410. The number of ether oxygens (including phenoxy) is 1. The summed E-state index contributed by atoms with van der Waals surface area (Å²) in [5, 5.41) is 3.20. The summed E-state index contributed by atoms with van der Waals surface area (Å²) in [6, 6.07) is 0.410. The van der Waals surface area contributed by atoms with Gasteiger partial charge in [0.15, 0.2) is 0 Å². The van der Waals surface area contributed by atoms with Gasteiger partial charge in [-0.1, -0.05) is 6.08 Å². The maximum absolute atomic E-state index is 5.62. The molecule has 0 aromatic heterocycles. The molecule has 1 heterocycles. The fourth-order valence-corrected chi connectivity index (χ4v) is 1.61. The van der Waals surface area contributed by atoms with E-state index in [1.807, 2.05) is 13.1 Å². The van der Waals surface area contributed by atoms with Crippen LogP contribution in [0.1, 0.15) is 25.7 Å². The third-order valence-corrected chi connectivity index (χ3v) is 2.45. The number of rotatable bonds is 4. The van der Waals surface area contributed by atoms with Crippen molar-refractivity contribution in [3.63, 3.8) is 0 Å². The second-order valence-corrected chi connectivity index (χ2v) is 3.36. The van der Waals surface area contributed by atoms with Gasteiger partial charge in [0.1, 0.15) is 0 Å². The van der Waals surface area contributed by atoms with E-state index in [0.717, 1.165) is 13.0 Å². The standard InChI is InChI=1S/C10H19NO/c1-3-9(11-2)8-10-6-4-5-7-12-10/h3,9-11H,1,4-8H2,2H3. The lowest BCUT2D eigenvalue weighted by atomic mass is 10.0. The summed E-state index contributed by atoms with van der Waals surface area (Å²) < 4.78 is 5.62. The van der Waals surface area contributed by atoms with Crippen molar-refractivity contribution >= 4 is 0 Å². The number of hydrogen-bond donors (Lipinski definition) is 1. The summed E-state index contributed by atoms with van der Waals surface area (Å²) in [6.07, 6.45) is 7.24. The van der Waals surface area contributed by atoms with Gasteiger partial charge in [0, 0.05) is 12.6 Å². The molecule has 2 heteroatoms. The SMILES string of the molecule is C=CC(CC1CCCCO1)NC. The van der Waals surface area contributed by atoms with Gasteiger partial charge >= 0.3 is 0 Å². The molecule has 0 radical (unpaired) electrons. The van der Waals surface area contributed by atoms with Crippen molar-refractivity contribution in [2.45, 2.75) is 37.8 Å². The number of hydrogen-bond acceptors (Lipinski definition) is 2. The van der Waals surface area contributed by atoms with Gasteiger partial charge in [0.2, 0.25) is 0 Å². The van der Waals surface area contributed by atoms with E-state index in [1.54, 1.807) is 0 Å². The van der Waals surface area contributed by atoms with Gasteiger partial charge in [-0.3, -0.25) is 0 Å². The Morgan fingerprint density at radius 3 is 3.00 bits per heavy atom. The first kappa shape index (κ1) is 9.75. The smallest absolute Gasteiger partial charge is 0.0593 e. The topological polar surface area (TPSA) is 21.3 Å². The molecule has 1 aliphatic rings. The largest absolute Gasteiger partial charge is 0.378 e. The van der Waals surface area contributed by atoms with Crippen molar-refractivity contribution in [2.24, 2.45) is 0 Å². The first-order valence-corrected chi connectivity index (χ1v) is 4.78. The van der Waals surface area contributed by atoms with E-state index < -0.39 is 0 Å². The molecule has 70 valence electrons. The summed E-state index contributed by atoms with van der Waals surface area (Å²) in [4.78, 5) is 0. The minimum Gasteiger partial charge on any atom is -0.378 e. The summed E-state index contributed by atoms with van der Waals surface area (Å²) in [5.41, 5.74) is 0. The first-order valence-electron chi connectivity index (χ1n) is 4.78. The fourth-order valence-electron chi connectivity index (χ4n) is 1.61. The van der Waals surface area contributed by atoms with Crippen LogP contribution >= 0.6 is 0 Å². The molecule has 0 saturated carbocycles. The van der Waals surface area contributed by atoms with Crippen LogP contribution in [-0.4, -0.2) is 25.8 Å². The van der Waals surface area contributed by atoms with Gasteiger partial charge in [0.25, 0.3) is 0 Å². The zero-order chi connectivity index (χ0) is 8.81. The number of likely N-dealkylation sites (N-methyl/N-ethyl adjacent to an activating group) is 1. The van der Waals surface area contributed by atoms with Crippen LogP contribution < -0.4 is 5.32 Å². The van der Waals surface area contributed by atoms with Crippen LogP contribution in [0.15, 0.2) is 12.7 Å². The zero-order valence-electron chi connectivity index (χ0n) is 7.88. The van der Waals surface area contributed by atoms with Crippen LogP contribution in [-0.2, 0) is 4.74 Å². The van der Waals surface area contributed by atoms with Gasteiger partial charge in [-0.25, -0.2) is 0 Å². The van der Waals surface area contributed by atoms with Crippen molar-refractivity contribution in [1.82, 2.24) is 5.32 Å². The van der Waals surface area contributed by atoms with E-state index >= 15 is 0 Å². The molecule has 0 aromatic rings. The molecular weight excluding hydrogens is 150 g/mol. The Balaban J connectivity index is 2.22. The minimum atomic E-state index is 0.410. The lowest BCUT2D eigenvalue weighted by molar-refractivity contribution is 0.00823. The average Bonchev–Trinajstić information content (AvgIpc) is 2.16. The molecule has 2 nitrogen and oxygen atoms in total. The molecular formula is C10H19NO. The van der Waals surface area contributed by atoms with E-state index in [9.17, 15) is 0 Å². The third kappa shape index (κ3) is 2.95.